The largest absolute Gasteiger partial charge is 0.384 e. The Kier molecular flexibility index (Phi) is 3.65. The van der Waals surface area contributed by atoms with Crippen LogP contribution >= 0.6 is 11.3 Å². The van der Waals surface area contributed by atoms with Gasteiger partial charge in [-0.1, -0.05) is 36.1 Å². The van der Waals surface area contributed by atoms with Gasteiger partial charge in [-0.2, -0.15) is 0 Å². The molecule has 1 aliphatic rings. The predicted molar refractivity (Wildman–Crippen MR) is 77.7 cm³/mol. The minimum atomic E-state index is -0.0747. The van der Waals surface area contributed by atoms with Crippen LogP contribution in [0.5, 0.6) is 0 Å². The van der Waals surface area contributed by atoms with Crippen LogP contribution < -0.4 is 0 Å². The molecule has 0 bridgehead atoms. The fourth-order valence-corrected chi connectivity index (χ4v) is 3.32. The summed E-state index contributed by atoms with van der Waals surface area (Å²) < 4.78 is 0. The minimum absolute atomic E-state index is 0.0747. The summed E-state index contributed by atoms with van der Waals surface area (Å²) in [5.41, 5.74) is 2.89. The summed E-state index contributed by atoms with van der Waals surface area (Å²) in [5, 5.41) is 8.69. The Morgan fingerprint density at radius 3 is 2.53 bits per heavy atom. The Labute approximate surface area is 117 Å². The van der Waals surface area contributed by atoms with Crippen LogP contribution in [-0.2, 0) is 19.6 Å². The first-order valence-corrected chi connectivity index (χ1v) is 7.14. The van der Waals surface area contributed by atoms with E-state index in [0.717, 1.165) is 24.5 Å². The standard InChI is InChI=1S/C16H15NOS/c18-9-3-6-15-7-8-16(19-15)12-17-10-13-4-1-2-5-14(13)11-17/h1-2,4-5,7-8,18H,9-12H2. The first-order chi connectivity index (χ1) is 9.35. The number of nitrogens with zero attached hydrogens (tertiary/aromatic N) is 1. The molecule has 1 aromatic carbocycles. The van der Waals surface area contributed by atoms with Gasteiger partial charge >= 0.3 is 0 Å². The predicted octanol–water partition coefficient (Wildman–Crippen LogP) is 2.61. The zero-order valence-electron chi connectivity index (χ0n) is 10.6. The highest BCUT2D eigenvalue weighted by Gasteiger charge is 2.18. The van der Waals surface area contributed by atoms with E-state index in [-0.39, 0.29) is 6.61 Å². The quantitative estimate of drug-likeness (QED) is 0.847. The second kappa shape index (κ2) is 5.58. The molecule has 1 N–H and O–H groups in total. The number of hydrogen-bond acceptors (Lipinski definition) is 3. The molecule has 2 nitrogen and oxygen atoms in total. The molecular weight excluding hydrogens is 254 g/mol. The van der Waals surface area contributed by atoms with Gasteiger partial charge in [0.25, 0.3) is 0 Å². The topological polar surface area (TPSA) is 23.5 Å². The molecule has 19 heavy (non-hydrogen) atoms. The van der Waals surface area contributed by atoms with E-state index in [1.165, 1.54) is 16.0 Å². The maximum atomic E-state index is 8.69. The summed E-state index contributed by atoms with van der Waals surface area (Å²) in [7, 11) is 0. The molecule has 2 heterocycles. The number of thiophene rings is 1. The van der Waals surface area contributed by atoms with E-state index in [0.29, 0.717) is 0 Å². The summed E-state index contributed by atoms with van der Waals surface area (Å²) in [6.45, 7) is 2.96. The highest BCUT2D eigenvalue weighted by molar-refractivity contribution is 7.12. The SMILES string of the molecule is OCC#Cc1ccc(CN2Cc3ccccc3C2)s1. The average molecular weight is 269 g/mol. The Bertz CT molecular complexity index is 610. The number of aliphatic hydroxyl groups is 1. The van der Waals surface area contributed by atoms with Crippen molar-refractivity contribution in [3.8, 4) is 11.8 Å². The van der Waals surface area contributed by atoms with Crippen molar-refractivity contribution < 1.29 is 5.11 Å². The molecule has 1 aromatic heterocycles. The van der Waals surface area contributed by atoms with Gasteiger partial charge in [0.2, 0.25) is 0 Å². The van der Waals surface area contributed by atoms with E-state index in [2.05, 4.69) is 47.1 Å². The third kappa shape index (κ3) is 2.87. The lowest BCUT2D eigenvalue weighted by Crippen LogP contribution is -2.14. The van der Waals surface area contributed by atoms with Crippen LogP contribution in [-0.4, -0.2) is 16.6 Å². The molecule has 0 aliphatic carbocycles. The van der Waals surface area contributed by atoms with Gasteiger partial charge < -0.3 is 5.11 Å². The van der Waals surface area contributed by atoms with Crippen molar-refractivity contribution in [3.63, 3.8) is 0 Å². The van der Waals surface area contributed by atoms with Crippen LogP contribution in [0.15, 0.2) is 36.4 Å². The van der Waals surface area contributed by atoms with Crippen LogP contribution in [0, 0.1) is 11.8 Å². The van der Waals surface area contributed by atoms with E-state index in [1.54, 1.807) is 11.3 Å². The third-order valence-corrected chi connectivity index (χ3v) is 4.22. The highest BCUT2D eigenvalue weighted by atomic mass is 32.1. The fraction of sp³-hybridized carbons (Fsp3) is 0.250. The maximum absolute atomic E-state index is 8.69. The van der Waals surface area contributed by atoms with Crippen LogP contribution in [0.3, 0.4) is 0 Å². The number of aliphatic hydroxyl groups excluding tert-OH is 1. The highest BCUT2D eigenvalue weighted by Crippen LogP contribution is 2.26. The van der Waals surface area contributed by atoms with Crippen LogP contribution in [0.25, 0.3) is 0 Å². The maximum Gasteiger partial charge on any atom is 0.104 e. The van der Waals surface area contributed by atoms with Crippen molar-refractivity contribution in [2.75, 3.05) is 6.61 Å². The lowest BCUT2D eigenvalue weighted by molar-refractivity contribution is 0.278. The number of benzene rings is 1. The Hall–Kier alpha value is -1.60. The second-order valence-corrected chi connectivity index (χ2v) is 5.81. The van der Waals surface area contributed by atoms with E-state index in [4.69, 9.17) is 5.11 Å². The molecule has 0 amide bonds. The van der Waals surface area contributed by atoms with Gasteiger partial charge in [0, 0.05) is 24.5 Å². The number of hydrogen-bond donors (Lipinski definition) is 1. The summed E-state index contributed by atoms with van der Waals surface area (Å²) in [5.74, 6) is 5.64. The van der Waals surface area contributed by atoms with Gasteiger partial charge in [0.1, 0.15) is 6.61 Å². The number of fused-ring (bicyclic) bond motifs is 1. The lowest BCUT2D eigenvalue weighted by atomic mass is 10.1. The summed E-state index contributed by atoms with van der Waals surface area (Å²) >= 11 is 1.71. The zero-order chi connectivity index (χ0) is 13.1. The van der Waals surface area contributed by atoms with Gasteiger partial charge in [-0.15, -0.1) is 11.3 Å². The van der Waals surface area contributed by atoms with Crippen molar-refractivity contribution >= 4 is 11.3 Å². The molecule has 0 spiro atoms. The van der Waals surface area contributed by atoms with Crippen molar-refractivity contribution in [3.05, 3.63) is 57.3 Å². The van der Waals surface area contributed by atoms with E-state index in [1.807, 2.05) is 6.07 Å². The molecule has 96 valence electrons. The first kappa shape index (κ1) is 12.4. The van der Waals surface area contributed by atoms with Gasteiger partial charge in [-0.05, 0) is 23.3 Å². The van der Waals surface area contributed by atoms with Crippen LogP contribution in [0.1, 0.15) is 20.9 Å². The second-order valence-electron chi connectivity index (χ2n) is 4.64. The van der Waals surface area contributed by atoms with Crippen molar-refractivity contribution in [1.29, 1.82) is 0 Å². The molecule has 0 atom stereocenters. The monoisotopic (exact) mass is 269 g/mol. The first-order valence-electron chi connectivity index (χ1n) is 6.33. The Balaban J connectivity index is 1.66. The van der Waals surface area contributed by atoms with Crippen LogP contribution in [0.4, 0.5) is 0 Å². The molecule has 2 aromatic rings. The minimum Gasteiger partial charge on any atom is -0.384 e. The van der Waals surface area contributed by atoms with Gasteiger partial charge in [0.05, 0.1) is 4.88 Å². The van der Waals surface area contributed by atoms with E-state index < -0.39 is 0 Å². The molecule has 0 radical (unpaired) electrons. The van der Waals surface area contributed by atoms with Gasteiger partial charge in [-0.25, -0.2) is 0 Å². The molecular formula is C16H15NOS. The summed E-state index contributed by atoms with van der Waals surface area (Å²) in [6.07, 6.45) is 0. The van der Waals surface area contributed by atoms with E-state index >= 15 is 0 Å². The fourth-order valence-electron chi connectivity index (χ4n) is 2.39. The zero-order valence-corrected chi connectivity index (χ0v) is 11.4. The molecule has 3 rings (SSSR count). The Morgan fingerprint density at radius 1 is 1.11 bits per heavy atom. The smallest absolute Gasteiger partial charge is 0.104 e. The molecule has 3 heteroatoms. The third-order valence-electron chi connectivity index (χ3n) is 3.24. The molecule has 0 saturated heterocycles. The van der Waals surface area contributed by atoms with Crippen molar-refractivity contribution in [2.24, 2.45) is 0 Å². The van der Waals surface area contributed by atoms with Crippen molar-refractivity contribution in [2.45, 2.75) is 19.6 Å². The van der Waals surface area contributed by atoms with Gasteiger partial charge in [0.15, 0.2) is 0 Å². The number of rotatable bonds is 2. The van der Waals surface area contributed by atoms with Crippen molar-refractivity contribution in [1.82, 2.24) is 4.90 Å². The summed E-state index contributed by atoms with van der Waals surface area (Å²) in [4.78, 5) is 4.80. The Morgan fingerprint density at radius 2 is 1.84 bits per heavy atom. The molecule has 0 fully saturated rings. The normalized spacial score (nSPS) is 13.9. The summed E-state index contributed by atoms with van der Waals surface area (Å²) in [6, 6.07) is 12.8. The van der Waals surface area contributed by atoms with E-state index in [9.17, 15) is 0 Å². The molecule has 0 saturated carbocycles. The average Bonchev–Trinajstić information content (AvgIpc) is 3.02. The molecule has 1 aliphatic heterocycles. The molecule has 0 unspecified atom stereocenters. The van der Waals surface area contributed by atoms with Crippen LogP contribution in [0.2, 0.25) is 0 Å². The van der Waals surface area contributed by atoms with Gasteiger partial charge in [-0.3, -0.25) is 4.90 Å². The lowest BCUT2D eigenvalue weighted by Gasteiger charge is -2.12.